The smallest absolute Gasteiger partial charge is 0.231 e. The van der Waals surface area contributed by atoms with E-state index in [1.807, 2.05) is 49.9 Å². The van der Waals surface area contributed by atoms with Crippen molar-refractivity contribution in [3.63, 3.8) is 0 Å². The Kier molecular flexibility index (Phi) is 8.82. The molecule has 2 heterocycles. The van der Waals surface area contributed by atoms with Crippen molar-refractivity contribution in [3.8, 4) is 0 Å². The first-order chi connectivity index (χ1) is 18.9. The first kappa shape index (κ1) is 32.0. The van der Waals surface area contributed by atoms with E-state index in [0.717, 1.165) is 31.2 Å². The number of amides is 2. The van der Waals surface area contributed by atoms with E-state index in [-0.39, 0.29) is 46.4 Å². The van der Waals surface area contributed by atoms with Gasteiger partial charge in [-0.2, -0.15) is 0 Å². The number of halogens is 1. The Balaban J connectivity index is 1.72. The molecule has 7 heteroatoms. The highest BCUT2D eigenvalue weighted by Gasteiger charge is 2.60. The van der Waals surface area contributed by atoms with Gasteiger partial charge in [-0.05, 0) is 67.6 Å². The summed E-state index contributed by atoms with van der Waals surface area (Å²) in [4.78, 5) is 46.1. The van der Waals surface area contributed by atoms with Gasteiger partial charge in [0.1, 0.15) is 0 Å². The molecule has 3 fully saturated rings. The number of likely N-dealkylation sites (tertiary alicyclic amines) is 1. The van der Waals surface area contributed by atoms with E-state index in [9.17, 15) is 14.4 Å². The van der Waals surface area contributed by atoms with Crippen LogP contribution in [-0.2, 0) is 14.4 Å². The molecule has 0 bridgehead atoms. The fourth-order valence-corrected chi connectivity index (χ4v) is 7.83. The largest absolute Gasteiger partial charge is 0.334 e. The number of hydrogen-bond donors (Lipinski definition) is 1. The minimum absolute atomic E-state index is 0.00755. The predicted octanol–water partition coefficient (Wildman–Crippen LogP) is 6.46. The van der Waals surface area contributed by atoms with Gasteiger partial charge in [0.2, 0.25) is 11.8 Å². The zero-order valence-corrected chi connectivity index (χ0v) is 27.5. The third-order valence-corrected chi connectivity index (χ3v) is 10.6. The minimum atomic E-state index is -0.753. The molecule has 228 valence electrons. The Morgan fingerprint density at radius 1 is 0.976 bits per heavy atom. The molecule has 0 spiro atoms. The van der Waals surface area contributed by atoms with Gasteiger partial charge in [0.15, 0.2) is 5.78 Å². The summed E-state index contributed by atoms with van der Waals surface area (Å²) in [5.41, 5.74) is -0.327. The van der Waals surface area contributed by atoms with Crippen LogP contribution < -0.4 is 5.32 Å². The lowest BCUT2D eigenvalue weighted by Crippen LogP contribution is -2.57. The number of nitrogens with zero attached hydrogens (tertiary/aromatic N) is 2. The summed E-state index contributed by atoms with van der Waals surface area (Å²) in [6.45, 7) is 20.2. The van der Waals surface area contributed by atoms with Gasteiger partial charge in [0, 0.05) is 42.0 Å². The Morgan fingerprint density at radius 3 is 2.07 bits per heavy atom. The lowest BCUT2D eigenvalue weighted by Gasteiger charge is -2.47. The third kappa shape index (κ3) is 6.11. The second kappa shape index (κ2) is 11.3. The van der Waals surface area contributed by atoms with Crippen molar-refractivity contribution in [2.45, 2.75) is 118 Å². The molecule has 2 amide bonds. The van der Waals surface area contributed by atoms with Crippen LogP contribution in [0.3, 0.4) is 0 Å². The van der Waals surface area contributed by atoms with Crippen LogP contribution in [0.15, 0.2) is 24.3 Å². The van der Waals surface area contributed by atoms with Crippen LogP contribution in [0.25, 0.3) is 0 Å². The number of hydrogen-bond acceptors (Lipinski definition) is 4. The van der Waals surface area contributed by atoms with Crippen LogP contribution in [0.1, 0.15) is 106 Å². The Morgan fingerprint density at radius 2 is 1.56 bits per heavy atom. The van der Waals surface area contributed by atoms with Gasteiger partial charge in [0.25, 0.3) is 0 Å². The highest BCUT2D eigenvalue weighted by Crippen LogP contribution is 2.53. The third-order valence-electron chi connectivity index (χ3n) is 10.3. The first-order valence-corrected chi connectivity index (χ1v) is 15.9. The normalized spacial score (nSPS) is 29.0. The molecule has 2 aliphatic heterocycles. The SMILES string of the molecule is CC(=O)[C@H]1C[C@H](N(C(=O)C(C)(C)C)C2CCC(C)(C)CC2)CN1C(=O)[C@@]1(C(C)(C)C)CNC[C@@H]1c1ccc(Cl)cc1. The number of carbonyl (C=O) groups is 3. The van der Waals surface area contributed by atoms with Crippen molar-refractivity contribution in [2.24, 2.45) is 21.7 Å². The molecule has 0 aromatic heterocycles. The number of ketones is 1. The number of carbonyl (C=O) groups excluding carboxylic acids is 3. The molecule has 1 aliphatic carbocycles. The molecule has 1 N–H and O–H groups in total. The van der Waals surface area contributed by atoms with Crippen molar-refractivity contribution in [1.82, 2.24) is 15.1 Å². The molecule has 2 saturated heterocycles. The second-order valence-electron chi connectivity index (χ2n) is 15.8. The summed E-state index contributed by atoms with van der Waals surface area (Å²) in [7, 11) is 0. The van der Waals surface area contributed by atoms with Crippen molar-refractivity contribution in [3.05, 3.63) is 34.9 Å². The number of nitrogens with one attached hydrogen (secondary N) is 1. The molecule has 4 rings (SSSR count). The summed E-state index contributed by atoms with van der Waals surface area (Å²) in [5.74, 6) is 0.0696. The topological polar surface area (TPSA) is 69.7 Å². The molecular weight excluding hydrogens is 534 g/mol. The first-order valence-electron chi connectivity index (χ1n) is 15.5. The maximum absolute atomic E-state index is 15.0. The van der Waals surface area contributed by atoms with E-state index in [4.69, 9.17) is 11.6 Å². The van der Waals surface area contributed by atoms with E-state index < -0.39 is 16.9 Å². The molecule has 1 saturated carbocycles. The van der Waals surface area contributed by atoms with Gasteiger partial charge >= 0.3 is 0 Å². The minimum Gasteiger partial charge on any atom is -0.334 e. The van der Waals surface area contributed by atoms with Gasteiger partial charge in [0.05, 0.1) is 17.5 Å². The van der Waals surface area contributed by atoms with Crippen LogP contribution in [0, 0.1) is 21.7 Å². The van der Waals surface area contributed by atoms with Crippen LogP contribution >= 0.6 is 11.6 Å². The number of rotatable bonds is 5. The second-order valence-corrected chi connectivity index (χ2v) is 16.2. The fraction of sp³-hybridized carbons (Fsp3) is 0.735. The number of Topliss-reactive ketones (excluding diaryl/α,β-unsaturated/α-hetero) is 1. The molecule has 0 radical (unpaired) electrons. The molecule has 3 aliphatic rings. The Labute approximate surface area is 252 Å². The lowest BCUT2D eigenvalue weighted by atomic mass is 9.58. The number of benzene rings is 1. The van der Waals surface area contributed by atoms with E-state index in [1.54, 1.807) is 6.92 Å². The van der Waals surface area contributed by atoms with E-state index in [1.165, 1.54) is 0 Å². The van der Waals surface area contributed by atoms with Crippen LogP contribution in [0.4, 0.5) is 0 Å². The molecule has 1 aromatic rings. The zero-order valence-electron chi connectivity index (χ0n) is 26.8. The van der Waals surface area contributed by atoms with Crippen molar-refractivity contribution in [2.75, 3.05) is 19.6 Å². The van der Waals surface area contributed by atoms with Crippen molar-refractivity contribution in [1.29, 1.82) is 0 Å². The monoisotopic (exact) mass is 585 g/mol. The van der Waals surface area contributed by atoms with E-state index >= 15 is 0 Å². The van der Waals surface area contributed by atoms with Gasteiger partial charge in [-0.1, -0.05) is 79.1 Å². The van der Waals surface area contributed by atoms with Crippen LogP contribution in [-0.4, -0.2) is 65.2 Å². The Bertz CT molecular complexity index is 1140. The molecule has 0 unspecified atom stereocenters. The van der Waals surface area contributed by atoms with E-state index in [2.05, 4.69) is 44.8 Å². The van der Waals surface area contributed by atoms with Crippen molar-refractivity contribution < 1.29 is 14.4 Å². The van der Waals surface area contributed by atoms with Crippen molar-refractivity contribution >= 4 is 29.2 Å². The molecular formula is C34H52ClN3O3. The van der Waals surface area contributed by atoms with Gasteiger partial charge in [-0.3, -0.25) is 14.4 Å². The lowest BCUT2D eigenvalue weighted by molar-refractivity contribution is -0.153. The summed E-state index contributed by atoms with van der Waals surface area (Å²) in [5, 5.41) is 4.20. The van der Waals surface area contributed by atoms with E-state index in [0.29, 0.717) is 31.1 Å². The summed E-state index contributed by atoms with van der Waals surface area (Å²) in [6, 6.07) is 7.25. The van der Waals surface area contributed by atoms with Gasteiger partial charge in [-0.15, -0.1) is 0 Å². The summed E-state index contributed by atoms with van der Waals surface area (Å²) >= 11 is 6.22. The molecule has 41 heavy (non-hydrogen) atoms. The van der Waals surface area contributed by atoms with Gasteiger partial charge < -0.3 is 15.1 Å². The fourth-order valence-electron chi connectivity index (χ4n) is 7.70. The average molecular weight is 586 g/mol. The highest BCUT2D eigenvalue weighted by molar-refractivity contribution is 6.30. The van der Waals surface area contributed by atoms with Gasteiger partial charge in [-0.25, -0.2) is 0 Å². The molecule has 6 nitrogen and oxygen atoms in total. The maximum atomic E-state index is 15.0. The highest BCUT2D eigenvalue weighted by atomic mass is 35.5. The summed E-state index contributed by atoms with van der Waals surface area (Å²) in [6.07, 6.45) is 4.55. The average Bonchev–Trinajstić information content (AvgIpc) is 3.51. The van der Waals surface area contributed by atoms with Crippen LogP contribution in [0.2, 0.25) is 5.02 Å². The quantitative estimate of drug-likeness (QED) is 0.430. The molecule has 1 aromatic carbocycles. The maximum Gasteiger partial charge on any atom is 0.231 e. The summed E-state index contributed by atoms with van der Waals surface area (Å²) < 4.78 is 0. The predicted molar refractivity (Wildman–Crippen MR) is 166 cm³/mol. The standard InChI is InChI=1S/C34H52ClN3O3/c1-22(39)28-18-26(38(29(40)31(2,3)4)25-14-16-33(8,9)17-15-25)20-37(28)30(41)34(32(5,6)7)21-36-19-27(34)23-10-12-24(35)13-11-23/h10-13,25-28,36H,14-21H2,1-9H3/t26-,27+,28+,34+/m0/s1. The Hall–Kier alpha value is -1.92. The zero-order chi connectivity index (χ0) is 30.5. The molecule has 4 atom stereocenters. The van der Waals surface area contributed by atoms with Crippen LogP contribution in [0.5, 0.6) is 0 Å².